The van der Waals surface area contributed by atoms with E-state index >= 15 is 0 Å². The van der Waals surface area contributed by atoms with Gasteiger partial charge in [0.25, 0.3) is 5.91 Å². The largest absolute Gasteiger partial charge is 0.497 e. The third-order valence-electron chi connectivity index (χ3n) is 3.42. The maximum atomic E-state index is 12.2. The molecule has 0 atom stereocenters. The molecule has 5 nitrogen and oxygen atoms in total. The maximum absolute atomic E-state index is 12.2. The van der Waals surface area contributed by atoms with Gasteiger partial charge in [-0.3, -0.25) is 4.79 Å². The summed E-state index contributed by atoms with van der Waals surface area (Å²) in [7, 11) is 3.18. The third-order valence-corrected chi connectivity index (χ3v) is 5.00. The fourth-order valence-electron chi connectivity index (χ4n) is 2.22. The second kappa shape index (κ2) is 7.92. The number of halogens is 1. The molecule has 25 heavy (non-hydrogen) atoms. The van der Waals surface area contributed by atoms with Crippen molar-refractivity contribution < 1.29 is 14.3 Å². The summed E-state index contributed by atoms with van der Waals surface area (Å²) in [4.78, 5) is 17.3. The van der Waals surface area contributed by atoms with E-state index in [1.54, 1.807) is 26.4 Å². The minimum Gasteiger partial charge on any atom is -0.497 e. The first-order valence-electron chi connectivity index (χ1n) is 7.36. The molecule has 0 radical (unpaired) electrons. The van der Waals surface area contributed by atoms with E-state index < -0.39 is 0 Å². The number of benzene rings is 2. The molecule has 1 fully saturated rings. The fourth-order valence-corrected chi connectivity index (χ4v) is 3.58. The van der Waals surface area contributed by atoms with Gasteiger partial charge in [0, 0.05) is 15.2 Å². The number of aliphatic imine (C=N–C) groups is 1. The van der Waals surface area contributed by atoms with Crippen LogP contribution in [-0.2, 0) is 4.79 Å². The predicted octanol–water partition coefficient (Wildman–Crippen LogP) is 4.20. The predicted molar refractivity (Wildman–Crippen MR) is 110 cm³/mol. The van der Waals surface area contributed by atoms with Crippen LogP contribution in [0.5, 0.6) is 11.5 Å². The number of hydrogen-bond acceptors (Lipinski definition) is 5. The Balaban J connectivity index is 1.87. The lowest BCUT2D eigenvalue weighted by molar-refractivity contribution is -0.115. The molecule has 7 heteroatoms. The first kappa shape index (κ1) is 17.8. The number of rotatable bonds is 4. The van der Waals surface area contributed by atoms with Crippen LogP contribution in [0, 0.1) is 3.57 Å². The molecule has 128 valence electrons. The van der Waals surface area contributed by atoms with Gasteiger partial charge in [0.15, 0.2) is 5.17 Å². The van der Waals surface area contributed by atoms with E-state index in [2.05, 4.69) is 32.9 Å². The summed E-state index contributed by atoms with van der Waals surface area (Å²) < 4.78 is 11.7. The van der Waals surface area contributed by atoms with Crippen LogP contribution in [0.25, 0.3) is 6.08 Å². The van der Waals surface area contributed by atoms with Gasteiger partial charge in [0.05, 0.1) is 24.8 Å². The number of ether oxygens (including phenoxy) is 2. The van der Waals surface area contributed by atoms with Gasteiger partial charge in [-0.1, -0.05) is 6.07 Å². The minimum absolute atomic E-state index is 0.174. The zero-order valence-corrected chi connectivity index (χ0v) is 16.6. The Hall–Kier alpha value is -2.00. The lowest BCUT2D eigenvalue weighted by atomic mass is 10.1. The molecule has 0 spiro atoms. The van der Waals surface area contributed by atoms with E-state index in [4.69, 9.17) is 9.47 Å². The second-order valence-corrected chi connectivity index (χ2v) is 7.35. The van der Waals surface area contributed by atoms with Gasteiger partial charge in [0.2, 0.25) is 0 Å². The number of carbonyl (C=O) groups is 1. The molecule has 0 saturated carbocycles. The number of hydrogen-bond donors (Lipinski definition) is 1. The van der Waals surface area contributed by atoms with Crippen molar-refractivity contribution in [3.05, 3.63) is 56.5 Å². The zero-order chi connectivity index (χ0) is 17.8. The highest BCUT2D eigenvalue weighted by Crippen LogP contribution is 2.32. The summed E-state index contributed by atoms with van der Waals surface area (Å²) in [5.41, 5.74) is 1.61. The fraction of sp³-hybridized carbons (Fsp3) is 0.111. The Kier molecular flexibility index (Phi) is 5.64. The SMILES string of the molecule is COc1ccc(/C=C2/SC(=Nc3cccc(I)c3)NC2=O)c(OC)c1. The molecule has 0 unspecified atom stereocenters. The summed E-state index contributed by atoms with van der Waals surface area (Å²) in [6.07, 6.45) is 1.79. The van der Waals surface area contributed by atoms with E-state index in [1.807, 2.05) is 36.4 Å². The standard InChI is InChI=1S/C18H15IN2O3S/c1-23-14-7-6-11(15(10-14)24-2)8-16-17(22)21-18(25-16)20-13-5-3-4-12(19)9-13/h3-10H,1-2H3,(H,20,21,22)/b16-8+. The van der Waals surface area contributed by atoms with E-state index in [1.165, 1.54) is 11.8 Å². The highest BCUT2D eigenvalue weighted by Gasteiger charge is 2.24. The van der Waals surface area contributed by atoms with Crippen LogP contribution in [0.2, 0.25) is 0 Å². The second-order valence-electron chi connectivity index (χ2n) is 5.07. The number of thioether (sulfide) groups is 1. The van der Waals surface area contributed by atoms with Gasteiger partial charge in [-0.2, -0.15) is 0 Å². The third kappa shape index (κ3) is 4.35. The Morgan fingerprint density at radius 2 is 2.00 bits per heavy atom. The molecule has 1 saturated heterocycles. The van der Waals surface area contributed by atoms with Crippen molar-refractivity contribution in [3.63, 3.8) is 0 Å². The minimum atomic E-state index is -0.174. The summed E-state index contributed by atoms with van der Waals surface area (Å²) >= 11 is 3.53. The number of methoxy groups -OCH3 is 2. The number of nitrogens with one attached hydrogen (secondary N) is 1. The van der Waals surface area contributed by atoms with Crippen LogP contribution in [0.1, 0.15) is 5.56 Å². The molecule has 0 bridgehead atoms. The van der Waals surface area contributed by atoms with E-state index in [0.29, 0.717) is 21.6 Å². The Labute approximate surface area is 163 Å². The lowest BCUT2D eigenvalue weighted by Crippen LogP contribution is -2.19. The quantitative estimate of drug-likeness (QED) is 0.542. The molecule has 0 aromatic heterocycles. The molecule has 1 N–H and O–H groups in total. The van der Waals surface area contributed by atoms with Crippen LogP contribution in [-0.4, -0.2) is 25.3 Å². The van der Waals surface area contributed by atoms with Crippen LogP contribution >= 0.6 is 34.4 Å². The molecule has 3 rings (SSSR count). The average Bonchev–Trinajstić information content (AvgIpc) is 2.94. The molecular weight excluding hydrogens is 451 g/mol. The lowest BCUT2D eigenvalue weighted by Gasteiger charge is -2.07. The van der Waals surface area contributed by atoms with Crippen molar-refractivity contribution >= 4 is 57.2 Å². The van der Waals surface area contributed by atoms with Crippen LogP contribution in [0.3, 0.4) is 0 Å². The summed E-state index contributed by atoms with van der Waals surface area (Å²) in [6.45, 7) is 0. The first-order valence-corrected chi connectivity index (χ1v) is 9.26. The van der Waals surface area contributed by atoms with Crippen LogP contribution in [0.15, 0.2) is 52.4 Å². The van der Waals surface area contributed by atoms with Crippen molar-refractivity contribution in [3.8, 4) is 11.5 Å². The van der Waals surface area contributed by atoms with E-state index in [9.17, 15) is 4.79 Å². The maximum Gasteiger partial charge on any atom is 0.264 e. The molecule has 1 amide bonds. The van der Waals surface area contributed by atoms with Crippen molar-refractivity contribution in [2.45, 2.75) is 0 Å². The normalized spacial score (nSPS) is 17.0. The Morgan fingerprint density at radius 1 is 1.16 bits per heavy atom. The van der Waals surface area contributed by atoms with Crippen molar-refractivity contribution in [2.75, 3.05) is 14.2 Å². The van der Waals surface area contributed by atoms with Gasteiger partial charge >= 0.3 is 0 Å². The number of amides is 1. The highest BCUT2D eigenvalue weighted by atomic mass is 127. The number of carbonyl (C=O) groups excluding carboxylic acids is 1. The molecule has 2 aromatic rings. The van der Waals surface area contributed by atoms with Crippen LogP contribution in [0.4, 0.5) is 5.69 Å². The molecule has 1 aliphatic rings. The summed E-state index contributed by atoms with van der Waals surface area (Å²) in [6, 6.07) is 13.2. The van der Waals surface area contributed by atoms with Crippen molar-refractivity contribution in [2.24, 2.45) is 4.99 Å². The van der Waals surface area contributed by atoms with Crippen molar-refractivity contribution in [1.29, 1.82) is 0 Å². The Bertz CT molecular complexity index is 880. The van der Waals surface area contributed by atoms with Gasteiger partial charge in [-0.15, -0.1) is 0 Å². The smallest absolute Gasteiger partial charge is 0.264 e. The van der Waals surface area contributed by atoms with Gasteiger partial charge in [0.1, 0.15) is 11.5 Å². The van der Waals surface area contributed by atoms with Gasteiger partial charge in [-0.05, 0) is 70.8 Å². The monoisotopic (exact) mass is 466 g/mol. The van der Waals surface area contributed by atoms with Gasteiger partial charge in [-0.25, -0.2) is 4.99 Å². The number of amidine groups is 1. The zero-order valence-electron chi connectivity index (χ0n) is 13.6. The Morgan fingerprint density at radius 3 is 2.72 bits per heavy atom. The molecular formula is C18H15IN2O3S. The van der Waals surface area contributed by atoms with Gasteiger partial charge < -0.3 is 14.8 Å². The summed E-state index contributed by atoms with van der Waals surface area (Å²) in [5.74, 6) is 1.17. The van der Waals surface area contributed by atoms with E-state index in [-0.39, 0.29) is 5.91 Å². The van der Waals surface area contributed by atoms with Crippen molar-refractivity contribution in [1.82, 2.24) is 5.32 Å². The number of nitrogens with zero attached hydrogens (tertiary/aromatic N) is 1. The summed E-state index contributed by atoms with van der Waals surface area (Å²) in [5, 5.41) is 3.35. The van der Waals surface area contributed by atoms with Crippen LogP contribution < -0.4 is 14.8 Å². The molecule has 2 aromatic carbocycles. The molecule has 0 aliphatic carbocycles. The first-order chi connectivity index (χ1) is 12.1. The van der Waals surface area contributed by atoms with E-state index in [0.717, 1.165) is 14.8 Å². The molecule has 1 heterocycles. The average molecular weight is 466 g/mol. The highest BCUT2D eigenvalue weighted by molar-refractivity contribution is 14.1. The topological polar surface area (TPSA) is 59.9 Å². The molecule has 1 aliphatic heterocycles.